The smallest absolute Gasteiger partial charge is 0.0795 e. The standard InChI is InChI=1S/C10H21NO/c1-8(11)10(2,12)9-6-4-3-5-7-9/h8-9,12H,3-7,11H2,1-2H3. The maximum absolute atomic E-state index is 10.1. The Hall–Kier alpha value is -0.0800. The Balaban J connectivity index is 2.53. The van der Waals surface area contributed by atoms with Gasteiger partial charge in [0, 0.05) is 6.04 Å². The molecule has 0 saturated heterocycles. The van der Waals surface area contributed by atoms with E-state index in [1.54, 1.807) is 0 Å². The van der Waals surface area contributed by atoms with Crippen molar-refractivity contribution in [2.75, 3.05) is 0 Å². The summed E-state index contributed by atoms with van der Waals surface area (Å²) >= 11 is 0. The molecule has 1 saturated carbocycles. The molecule has 1 aliphatic rings. The zero-order valence-electron chi connectivity index (χ0n) is 8.21. The van der Waals surface area contributed by atoms with Gasteiger partial charge in [0.05, 0.1) is 5.60 Å². The molecule has 0 bridgehead atoms. The van der Waals surface area contributed by atoms with Crippen LogP contribution >= 0.6 is 0 Å². The minimum Gasteiger partial charge on any atom is -0.388 e. The average molecular weight is 171 g/mol. The summed E-state index contributed by atoms with van der Waals surface area (Å²) in [5.74, 6) is 0.422. The summed E-state index contributed by atoms with van der Waals surface area (Å²) in [6, 6.07) is -0.111. The summed E-state index contributed by atoms with van der Waals surface area (Å²) in [5.41, 5.74) is 5.10. The number of nitrogens with two attached hydrogens (primary N) is 1. The van der Waals surface area contributed by atoms with Crippen LogP contribution in [0.2, 0.25) is 0 Å². The molecule has 1 fully saturated rings. The maximum Gasteiger partial charge on any atom is 0.0795 e. The Morgan fingerprint density at radius 1 is 1.33 bits per heavy atom. The third-order valence-corrected chi connectivity index (χ3v) is 3.35. The van der Waals surface area contributed by atoms with Gasteiger partial charge < -0.3 is 10.8 Å². The van der Waals surface area contributed by atoms with Gasteiger partial charge in [-0.2, -0.15) is 0 Å². The van der Waals surface area contributed by atoms with Crippen molar-refractivity contribution in [2.45, 2.75) is 57.6 Å². The largest absolute Gasteiger partial charge is 0.388 e. The first-order chi connectivity index (χ1) is 5.55. The molecular formula is C10H21NO. The van der Waals surface area contributed by atoms with Gasteiger partial charge in [-0.3, -0.25) is 0 Å². The SMILES string of the molecule is CC(N)C(C)(O)C1CCCCC1. The van der Waals surface area contributed by atoms with E-state index in [9.17, 15) is 5.11 Å². The van der Waals surface area contributed by atoms with Crippen LogP contribution in [0.1, 0.15) is 46.0 Å². The topological polar surface area (TPSA) is 46.2 Å². The lowest BCUT2D eigenvalue weighted by Crippen LogP contribution is -2.49. The van der Waals surface area contributed by atoms with Crippen LogP contribution in [-0.2, 0) is 0 Å². The van der Waals surface area contributed by atoms with Crippen molar-refractivity contribution in [3.63, 3.8) is 0 Å². The summed E-state index contributed by atoms with van der Waals surface area (Å²) in [5, 5.41) is 10.1. The van der Waals surface area contributed by atoms with Crippen molar-refractivity contribution in [3.05, 3.63) is 0 Å². The molecular weight excluding hydrogens is 150 g/mol. The molecule has 1 aliphatic carbocycles. The fraction of sp³-hybridized carbons (Fsp3) is 1.00. The zero-order chi connectivity index (χ0) is 9.19. The zero-order valence-corrected chi connectivity index (χ0v) is 8.21. The first-order valence-electron chi connectivity index (χ1n) is 5.03. The van der Waals surface area contributed by atoms with Gasteiger partial charge in [-0.15, -0.1) is 0 Å². The van der Waals surface area contributed by atoms with E-state index in [4.69, 9.17) is 5.73 Å². The van der Waals surface area contributed by atoms with Crippen LogP contribution < -0.4 is 5.73 Å². The second-order valence-electron chi connectivity index (χ2n) is 4.35. The summed E-state index contributed by atoms with van der Waals surface area (Å²) in [6.45, 7) is 3.78. The van der Waals surface area contributed by atoms with Crippen LogP contribution in [0, 0.1) is 5.92 Å². The number of hydrogen-bond acceptors (Lipinski definition) is 2. The second-order valence-corrected chi connectivity index (χ2v) is 4.35. The molecule has 0 aromatic rings. The highest BCUT2D eigenvalue weighted by Gasteiger charge is 2.35. The molecule has 2 atom stereocenters. The molecule has 0 spiro atoms. The molecule has 12 heavy (non-hydrogen) atoms. The van der Waals surface area contributed by atoms with Crippen LogP contribution in [0.5, 0.6) is 0 Å². The number of rotatable bonds is 2. The minimum atomic E-state index is -0.652. The van der Waals surface area contributed by atoms with E-state index in [1.165, 1.54) is 19.3 Å². The van der Waals surface area contributed by atoms with Gasteiger partial charge in [-0.25, -0.2) is 0 Å². The van der Waals surface area contributed by atoms with Gasteiger partial charge in [0.1, 0.15) is 0 Å². The average Bonchev–Trinajstić information content (AvgIpc) is 2.06. The quantitative estimate of drug-likeness (QED) is 0.664. The Labute approximate surface area is 75.2 Å². The van der Waals surface area contributed by atoms with Gasteiger partial charge in [0.2, 0.25) is 0 Å². The molecule has 2 heteroatoms. The van der Waals surface area contributed by atoms with Gasteiger partial charge in [-0.05, 0) is 32.6 Å². The van der Waals surface area contributed by atoms with Crippen molar-refractivity contribution >= 4 is 0 Å². The predicted octanol–water partition coefficient (Wildman–Crippen LogP) is 1.66. The molecule has 3 N–H and O–H groups in total. The molecule has 0 aromatic heterocycles. The molecule has 0 heterocycles. The Morgan fingerprint density at radius 3 is 2.25 bits per heavy atom. The van der Waals surface area contributed by atoms with E-state index >= 15 is 0 Å². The van der Waals surface area contributed by atoms with Crippen molar-refractivity contribution in [1.29, 1.82) is 0 Å². The summed E-state index contributed by atoms with van der Waals surface area (Å²) < 4.78 is 0. The molecule has 0 aromatic carbocycles. The first kappa shape index (κ1) is 10.0. The fourth-order valence-corrected chi connectivity index (χ4v) is 2.06. The molecule has 0 radical (unpaired) electrons. The third kappa shape index (κ3) is 1.99. The fourth-order valence-electron chi connectivity index (χ4n) is 2.06. The monoisotopic (exact) mass is 171 g/mol. The van der Waals surface area contributed by atoms with Crippen LogP contribution in [-0.4, -0.2) is 16.7 Å². The van der Waals surface area contributed by atoms with E-state index in [0.717, 1.165) is 12.8 Å². The van der Waals surface area contributed by atoms with Crippen molar-refractivity contribution in [2.24, 2.45) is 11.7 Å². The molecule has 0 aliphatic heterocycles. The molecule has 72 valence electrons. The Morgan fingerprint density at radius 2 is 1.83 bits per heavy atom. The van der Waals surface area contributed by atoms with E-state index in [1.807, 2.05) is 13.8 Å². The van der Waals surface area contributed by atoms with Crippen molar-refractivity contribution in [3.8, 4) is 0 Å². The van der Waals surface area contributed by atoms with Gasteiger partial charge in [0.15, 0.2) is 0 Å². The van der Waals surface area contributed by atoms with E-state index in [2.05, 4.69) is 0 Å². The van der Waals surface area contributed by atoms with E-state index in [0.29, 0.717) is 5.92 Å². The molecule has 2 unspecified atom stereocenters. The van der Waals surface area contributed by atoms with Gasteiger partial charge in [0.25, 0.3) is 0 Å². The molecule has 1 rings (SSSR count). The highest BCUT2D eigenvalue weighted by atomic mass is 16.3. The van der Waals surface area contributed by atoms with Crippen LogP contribution in [0.25, 0.3) is 0 Å². The van der Waals surface area contributed by atoms with Gasteiger partial charge in [-0.1, -0.05) is 19.3 Å². The first-order valence-corrected chi connectivity index (χ1v) is 5.03. The summed E-state index contributed by atoms with van der Waals surface area (Å²) in [6.07, 6.45) is 6.13. The van der Waals surface area contributed by atoms with Crippen molar-refractivity contribution in [1.82, 2.24) is 0 Å². The molecule has 2 nitrogen and oxygen atoms in total. The Kier molecular flexibility index (Phi) is 3.13. The van der Waals surface area contributed by atoms with Crippen LogP contribution in [0.15, 0.2) is 0 Å². The van der Waals surface area contributed by atoms with Crippen LogP contribution in [0.4, 0.5) is 0 Å². The van der Waals surface area contributed by atoms with E-state index < -0.39 is 5.60 Å². The summed E-state index contributed by atoms with van der Waals surface area (Å²) in [7, 11) is 0. The van der Waals surface area contributed by atoms with Gasteiger partial charge >= 0.3 is 0 Å². The van der Waals surface area contributed by atoms with Crippen molar-refractivity contribution < 1.29 is 5.11 Å². The second kappa shape index (κ2) is 3.75. The number of aliphatic hydroxyl groups is 1. The third-order valence-electron chi connectivity index (χ3n) is 3.35. The molecule has 0 amide bonds. The predicted molar refractivity (Wildman–Crippen MR) is 50.8 cm³/mol. The lowest BCUT2D eigenvalue weighted by molar-refractivity contribution is -0.0333. The minimum absolute atomic E-state index is 0.111. The Bertz CT molecular complexity index is 137. The summed E-state index contributed by atoms with van der Waals surface area (Å²) in [4.78, 5) is 0. The maximum atomic E-state index is 10.1. The number of hydrogen-bond donors (Lipinski definition) is 2. The highest BCUT2D eigenvalue weighted by Crippen LogP contribution is 2.33. The lowest BCUT2D eigenvalue weighted by atomic mass is 9.75. The van der Waals surface area contributed by atoms with Crippen LogP contribution in [0.3, 0.4) is 0 Å². The van der Waals surface area contributed by atoms with E-state index in [-0.39, 0.29) is 6.04 Å². The lowest BCUT2D eigenvalue weighted by Gasteiger charge is -2.38. The highest BCUT2D eigenvalue weighted by molar-refractivity contribution is 4.90. The normalized spacial score (nSPS) is 28.0.